The van der Waals surface area contributed by atoms with E-state index in [1.807, 2.05) is 0 Å². The van der Waals surface area contributed by atoms with Gasteiger partial charge < -0.3 is 29.5 Å². The molecule has 0 bridgehead atoms. The van der Waals surface area contributed by atoms with E-state index in [0.717, 1.165) is 23.3 Å². The molecule has 43 heavy (non-hydrogen) atoms. The lowest BCUT2D eigenvalue weighted by Gasteiger charge is -2.23. The molecule has 0 radical (unpaired) electrons. The van der Waals surface area contributed by atoms with Gasteiger partial charge in [-0.25, -0.2) is 9.59 Å². The second-order valence-corrected chi connectivity index (χ2v) is 10.2. The minimum absolute atomic E-state index is 0.0976. The molecule has 2 amide bonds. The summed E-state index contributed by atoms with van der Waals surface area (Å²) < 4.78 is 55.4. The van der Waals surface area contributed by atoms with Gasteiger partial charge in [-0.15, -0.1) is 0 Å². The van der Waals surface area contributed by atoms with Gasteiger partial charge >= 0.3 is 18.2 Å². The average Bonchev–Trinajstić information content (AvgIpc) is 2.94. The number of hydrogen-bond acceptors (Lipinski definition) is 5. The Morgan fingerprint density at radius 1 is 0.930 bits per heavy atom. The first kappa shape index (κ1) is 34.0. The Labute approximate surface area is 257 Å². The molecule has 1 unspecified atom stereocenters. The zero-order valence-corrected chi connectivity index (χ0v) is 24.7. The van der Waals surface area contributed by atoms with Gasteiger partial charge in [-0.05, 0) is 72.6 Å². The van der Waals surface area contributed by atoms with E-state index in [2.05, 4.69) is 5.32 Å². The molecule has 0 aliphatic carbocycles. The van der Waals surface area contributed by atoms with Crippen molar-refractivity contribution in [2.75, 3.05) is 38.2 Å². The van der Waals surface area contributed by atoms with Gasteiger partial charge in [-0.2, -0.15) is 13.2 Å². The van der Waals surface area contributed by atoms with E-state index in [1.54, 1.807) is 49.4 Å². The maximum atomic E-state index is 13.0. The summed E-state index contributed by atoms with van der Waals surface area (Å²) in [5.74, 6) is -0.540. The zero-order chi connectivity index (χ0) is 31.4. The van der Waals surface area contributed by atoms with Crippen LogP contribution in [0.15, 0.2) is 66.7 Å². The second kappa shape index (κ2) is 16.4. The number of hydrogen-bond donors (Lipinski definition) is 2. The maximum absolute atomic E-state index is 13.0. The van der Waals surface area contributed by atoms with Crippen molar-refractivity contribution in [3.8, 4) is 5.75 Å². The molecule has 232 valence electrons. The van der Waals surface area contributed by atoms with Crippen molar-refractivity contribution in [1.29, 1.82) is 0 Å². The number of urea groups is 1. The molecule has 0 saturated heterocycles. The Kier molecular flexibility index (Phi) is 12.9. The fraction of sp³-hybridized carbons (Fsp3) is 0.333. The first-order chi connectivity index (χ1) is 20.4. The van der Waals surface area contributed by atoms with Crippen LogP contribution in [-0.4, -0.2) is 61.0 Å². The predicted octanol–water partition coefficient (Wildman–Crippen LogP) is 7.17. The Hall–Kier alpha value is -3.51. The molecule has 0 heterocycles. The van der Waals surface area contributed by atoms with E-state index in [-0.39, 0.29) is 51.6 Å². The van der Waals surface area contributed by atoms with Crippen molar-refractivity contribution in [2.24, 2.45) is 0 Å². The van der Waals surface area contributed by atoms with E-state index >= 15 is 0 Å². The molecule has 2 N–H and O–H groups in total. The summed E-state index contributed by atoms with van der Waals surface area (Å²) >= 11 is 12.0. The summed E-state index contributed by atoms with van der Waals surface area (Å²) in [6.07, 6.45) is -5.25. The Morgan fingerprint density at radius 2 is 1.56 bits per heavy atom. The van der Waals surface area contributed by atoms with Gasteiger partial charge in [-0.1, -0.05) is 35.3 Å². The number of anilines is 1. The molecular formula is C30H31Cl2F3N2O6. The lowest BCUT2D eigenvalue weighted by molar-refractivity contribution is -0.150. The third-order valence-corrected chi connectivity index (χ3v) is 6.50. The Balaban J connectivity index is 1.59. The quantitative estimate of drug-likeness (QED) is 0.171. The van der Waals surface area contributed by atoms with Crippen LogP contribution in [-0.2, 0) is 33.5 Å². The van der Waals surface area contributed by atoms with Crippen LogP contribution in [0.25, 0.3) is 0 Å². The van der Waals surface area contributed by atoms with Gasteiger partial charge in [0.05, 0.1) is 25.3 Å². The largest absolute Gasteiger partial charge is 0.492 e. The fourth-order valence-electron chi connectivity index (χ4n) is 3.95. The number of nitrogens with zero attached hydrogens (tertiary/aromatic N) is 1. The third-order valence-electron chi connectivity index (χ3n) is 6.06. The molecule has 0 fully saturated rings. The number of alkyl halides is 3. The average molecular weight is 643 g/mol. The molecule has 0 saturated carbocycles. The van der Waals surface area contributed by atoms with Gasteiger partial charge in [-0.3, -0.25) is 0 Å². The number of carboxylic acids is 1. The maximum Gasteiger partial charge on any atom is 0.416 e. The van der Waals surface area contributed by atoms with Crippen LogP contribution < -0.4 is 10.1 Å². The zero-order valence-electron chi connectivity index (χ0n) is 23.2. The molecule has 3 rings (SSSR count). The standard InChI is InChI=1S/C30H31Cl2F3N2O6/c1-2-42-27(28(38)39)17-20-3-9-26(10-4-20)43-14-12-37(11-13-41-19-21-15-23(31)18-24(32)16-21)29(40)36-25-7-5-22(6-8-25)30(33,34)35/h3-10,15-16,18,27H,2,11-14,17,19H2,1H3,(H,36,40)(H,38,39). The lowest BCUT2D eigenvalue weighted by atomic mass is 10.1. The highest BCUT2D eigenvalue weighted by Crippen LogP contribution is 2.30. The van der Waals surface area contributed by atoms with Gasteiger partial charge in [0.15, 0.2) is 6.10 Å². The van der Waals surface area contributed by atoms with E-state index in [0.29, 0.717) is 15.8 Å². The van der Waals surface area contributed by atoms with Crippen molar-refractivity contribution in [3.05, 3.63) is 93.5 Å². The summed E-state index contributed by atoms with van der Waals surface area (Å²) in [5.41, 5.74) is 0.873. The molecule has 8 nitrogen and oxygen atoms in total. The highest BCUT2D eigenvalue weighted by molar-refractivity contribution is 6.34. The number of rotatable bonds is 15. The van der Waals surface area contributed by atoms with Crippen LogP contribution in [0.5, 0.6) is 5.75 Å². The number of ether oxygens (including phenoxy) is 3. The Bertz CT molecular complexity index is 1320. The van der Waals surface area contributed by atoms with E-state index < -0.39 is 29.8 Å². The predicted molar refractivity (Wildman–Crippen MR) is 157 cm³/mol. The van der Waals surface area contributed by atoms with Crippen molar-refractivity contribution < 1.29 is 42.1 Å². The topological polar surface area (TPSA) is 97.3 Å². The Morgan fingerprint density at radius 3 is 2.14 bits per heavy atom. The van der Waals surface area contributed by atoms with Crippen molar-refractivity contribution in [3.63, 3.8) is 0 Å². The summed E-state index contributed by atoms with van der Waals surface area (Å²) in [6, 6.07) is 15.4. The molecular weight excluding hydrogens is 612 g/mol. The van der Waals surface area contributed by atoms with Crippen LogP contribution in [0.3, 0.4) is 0 Å². The molecule has 0 aliphatic rings. The van der Waals surface area contributed by atoms with Crippen molar-refractivity contribution >= 4 is 40.9 Å². The van der Waals surface area contributed by atoms with Gasteiger partial charge in [0.2, 0.25) is 0 Å². The number of carbonyl (C=O) groups is 2. The number of nitrogens with one attached hydrogen (secondary N) is 1. The summed E-state index contributed by atoms with van der Waals surface area (Å²) in [4.78, 5) is 25.8. The van der Waals surface area contributed by atoms with E-state index in [9.17, 15) is 27.9 Å². The number of benzene rings is 3. The highest BCUT2D eigenvalue weighted by Gasteiger charge is 2.30. The van der Waals surface area contributed by atoms with Crippen LogP contribution in [0.1, 0.15) is 23.6 Å². The summed E-state index contributed by atoms with van der Waals surface area (Å²) in [7, 11) is 0. The lowest BCUT2D eigenvalue weighted by Crippen LogP contribution is -2.40. The molecule has 0 aromatic heterocycles. The normalized spacial score (nSPS) is 12.0. The molecule has 13 heteroatoms. The van der Waals surface area contributed by atoms with Crippen LogP contribution in [0.2, 0.25) is 10.0 Å². The third kappa shape index (κ3) is 11.6. The molecule has 3 aromatic rings. The van der Waals surface area contributed by atoms with Crippen molar-refractivity contribution in [1.82, 2.24) is 4.90 Å². The molecule has 0 spiro atoms. The van der Waals surface area contributed by atoms with Gasteiger partial charge in [0.1, 0.15) is 12.4 Å². The number of carboxylic acid groups (broad SMARTS) is 1. The minimum Gasteiger partial charge on any atom is -0.492 e. The number of halogens is 5. The first-order valence-electron chi connectivity index (χ1n) is 13.3. The van der Waals surface area contributed by atoms with E-state index in [4.69, 9.17) is 37.4 Å². The van der Waals surface area contributed by atoms with Gasteiger partial charge in [0, 0.05) is 35.3 Å². The number of amides is 2. The number of carbonyl (C=O) groups excluding carboxylic acids is 1. The minimum atomic E-state index is -4.49. The molecule has 0 aliphatic heterocycles. The first-order valence-corrected chi connectivity index (χ1v) is 14.0. The fourth-order valence-corrected chi connectivity index (χ4v) is 4.52. The summed E-state index contributed by atoms with van der Waals surface area (Å²) in [5, 5.41) is 12.8. The van der Waals surface area contributed by atoms with E-state index in [1.165, 1.54) is 17.0 Å². The van der Waals surface area contributed by atoms with Crippen molar-refractivity contribution in [2.45, 2.75) is 32.2 Å². The summed E-state index contributed by atoms with van der Waals surface area (Å²) in [6.45, 7) is 2.72. The number of aliphatic carboxylic acids is 1. The highest BCUT2D eigenvalue weighted by atomic mass is 35.5. The second-order valence-electron chi connectivity index (χ2n) is 9.30. The van der Waals surface area contributed by atoms with Crippen LogP contribution in [0, 0.1) is 0 Å². The SMILES string of the molecule is CCOC(Cc1ccc(OCCN(CCOCc2cc(Cl)cc(Cl)c2)C(=O)Nc2ccc(C(F)(F)F)cc2)cc1)C(=O)O. The van der Waals surface area contributed by atoms with Crippen LogP contribution in [0.4, 0.5) is 23.7 Å². The van der Waals surface area contributed by atoms with Gasteiger partial charge in [0.25, 0.3) is 0 Å². The smallest absolute Gasteiger partial charge is 0.416 e. The van der Waals surface area contributed by atoms with Crippen LogP contribution >= 0.6 is 23.2 Å². The monoisotopic (exact) mass is 642 g/mol. The molecule has 1 atom stereocenters. The molecule has 3 aromatic carbocycles.